The predicted octanol–water partition coefficient (Wildman–Crippen LogP) is 1.45. The van der Waals surface area contributed by atoms with Crippen LogP contribution in [0.25, 0.3) is 10.8 Å². The fourth-order valence-electron chi connectivity index (χ4n) is 3.86. The van der Waals surface area contributed by atoms with E-state index in [1.54, 1.807) is 29.2 Å². The molecule has 2 atom stereocenters. The molecule has 7 nitrogen and oxygen atoms in total. The molecule has 0 unspecified atom stereocenters. The first-order valence-corrected chi connectivity index (χ1v) is 9.35. The highest BCUT2D eigenvalue weighted by molar-refractivity contribution is 5.85. The van der Waals surface area contributed by atoms with Crippen molar-refractivity contribution in [3.8, 4) is 0 Å². The van der Waals surface area contributed by atoms with Gasteiger partial charge in [0.15, 0.2) is 0 Å². The van der Waals surface area contributed by atoms with Gasteiger partial charge in [0.25, 0.3) is 11.1 Å². The third kappa shape index (κ3) is 4.11. The number of benzene rings is 2. The number of hydrogen-bond acceptors (Lipinski definition) is 4. The summed E-state index contributed by atoms with van der Waals surface area (Å²) < 4.78 is 1.22. The van der Waals surface area contributed by atoms with E-state index in [0.29, 0.717) is 23.9 Å². The second-order valence-corrected chi connectivity index (χ2v) is 7.17. The highest BCUT2D eigenvalue weighted by Gasteiger charge is 2.33. The minimum atomic E-state index is -0.338. The maximum Gasteiger partial charge on any atom is 0.273 e. The van der Waals surface area contributed by atoms with E-state index in [1.165, 1.54) is 4.68 Å². The second kappa shape index (κ2) is 8.63. The molecule has 4 rings (SSSR count). The molecule has 8 heteroatoms. The van der Waals surface area contributed by atoms with Crippen LogP contribution in [0.5, 0.6) is 0 Å². The van der Waals surface area contributed by atoms with Gasteiger partial charge in [-0.15, -0.1) is 12.4 Å². The number of nitrogens with one attached hydrogen (secondary N) is 1. The first kappa shape index (κ1) is 20.8. The molecule has 29 heavy (non-hydrogen) atoms. The zero-order valence-corrected chi connectivity index (χ0v) is 16.6. The zero-order chi connectivity index (χ0) is 19.7. The van der Waals surface area contributed by atoms with Crippen LogP contribution in [0.1, 0.15) is 17.9 Å². The van der Waals surface area contributed by atoms with E-state index in [1.807, 2.05) is 30.3 Å². The Morgan fingerprint density at radius 2 is 1.66 bits per heavy atom. The molecule has 0 bridgehead atoms. The van der Waals surface area contributed by atoms with Crippen molar-refractivity contribution < 1.29 is 4.79 Å². The number of aromatic nitrogens is 2. The summed E-state index contributed by atoms with van der Waals surface area (Å²) in [6.07, 6.45) is 0.127. The third-order valence-corrected chi connectivity index (χ3v) is 5.38. The van der Waals surface area contributed by atoms with E-state index in [0.717, 1.165) is 5.56 Å². The van der Waals surface area contributed by atoms with Crippen molar-refractivity contribution in [3.05, 3.63) is 80.9 Å². The van der Waals surface area contributed by atoms with Crippen LogP contribution in [0.4, 0.5) is 0 Å². The van der Waals surface area contributed by atoms with Crippen LogP contribution in [0.15, 0.2) is 64.2 Å². The van der Waals surface area contributed by atoms with Crippen molar-refractivity contribution in [2.24, 2.45) is 5.73 Å². The number of hydrogen-bond donors (Lipinski definition) is 2. The Labute approximate surface area is 173 Å². The molecule has 0 radical (unpaired) electrons. The van der Waals surface area contributed by atoms with Gasteiger partial charge in [-0.05, 0) is 17.7 Å². The van der Waals surface area contributed by atoms with Gasteiger partial charge in [-0.2, -0.15) is 0 Å². The number of carbonyl (C=O) groups is 1. The number of fused-ring (bicyclic) bond motifs is 1. The van der Waals surface area contributed by atoms with Crippen molar-refractivity contribution in [1.29, 1.82) is 0 Å². The van der Waals surface area contributed by atoms with Gasteiger partial charge in [-0.3, -0.25) is 19.5 Å². The molecular weight excluding hydrogens is 392 g/mol. The average molecular weight is 415 g/mol. The Morgan fingerprint density at radius 1 is 1.00 bits per heavy atom. The molecule has 1 saturated heterocycles. The molecule has 0 saturated carbocycles. The van der Waals surface area contributed by atoms with Gasteiger partial charge < -0.3 is 10.6 Å². The molecule has 1 fully saturated rings. The lowest BCUT2D eigenvalue weighted by molar-refractivity contribution is -0.130. The van der Waals surface area contributed by atoms with Crippen LogP contribution in [0.2, 0.25) is 0 Å². The van der Waals surface area contributed by atoms with Crippen LogP contribution in [-0.4, -0.2) is 39.7 Å². The van der Waals surface area contributed by atoms with Crippen LogP contribution in [0.3, 0.4) is 0 Å². The minimum absolute atomic E-state index is 0. The van der Waals surface area contributed by atoms with Gasteiger partial charge in [0.1, 0.15) is 0 Å². The van der Waals surface area contributed by atoms with Crippen LogP contribution in [-0.2, 0) is 11.3 Å². The van der Waals surface area contributed by atoms with Gasteiger partial charge in [-0.1, -0.05) is 42.5 Å². The summed E-state index contributed by atoms with van der Waals surface area (Å²) in [6.45, 7) is 1.17. The molecule has 2 heterocycles. The summed E-state index contributed by atoms with van der Waals surface area (Å²) in [7, 11) is 0. The van der Waals surface area contributed by atoms with Crippen molar-refractivity contribution in [2.75, 3.05) is 13.1 Å². The minimum Gasteiger partial charge on any atom is -0.340 e. The molecule has 2 aromatic carbocycles. The van der Waals surface area contributed by atoms with E-state index < -0.39 is 0 Å². The number of rotatable bonds is 4. The predicted molar refractivity (Wildman–Crippen MR) is 114 cm³/mol. The number of nitrogens with two attached hydrogens (primary N) is 1. The quantitative estimate of drug-likeness (QED) is 0.674. The average Bonchev–Trinajstić information content (AvgIpc) is 3.12. The lowest BCUT2D eigenvalue weighted by atomic mass is 9.95. The third-order valence-electron chi connectivity index (χ3n) is 5.38. The smallest absolute Gasteiger partial charge is 0.273 e. The molecule has 1 aromatic heterocycles. The molecule has 1 amide bonds. The summed E-state index contributed by atoms with van der Waals surface area (Å²) in [5.74, 6) is 0.0307. The number of carbonyl (C=O) groups excluding carboxylic acids is 1. The topological polar surface area (TPSA) is 101 Å². The van der Waals surface area contributed by atoms with E-state index >= 15 is 0 Å². The first-order valence-electron chi connectivity index (χ1n) is 9.35. The van der Waals surface area contributed by atoms with Gasteiger partial charge >= 0.3 is 0 Å². The van der Waals surface area contributed by atoms with Crippen molar-refractivity contribution in [3.63, 3.8) is 0 Å². The number of likely N-dealkylation sites (tertiary alicyclic amines) is 1. The van der Waals surface area contributed by atoms with Crippen molar-refractivity contribution >= 4 is 29.1 Å². The van der Waals surface area contributed by atoms with Crippen molar-refractivity contribution in [1.82, 2.24) is 14.7 Å². The number of halogens is 1. The molecule has 3 N–H and O–H groups in total. The van der Waals surface area contributed by atoms with Crippen molar-refractivity contribution in [2.45, 2.75) is 24.9 Å². The van der Waals surface area contributed by atoms with E-state index in [4.69, 9.17) is 5.73 Å². The Bertz CT molecular complexity index is 1130. The molecule has 1 aliphatic heterocycles. The Morgan fingerprint density at radius 3 is 2.38 bits per heavy atom. The Balaban J connectivity index is 0.00000240. The SMILES string of the molecule is Cl.N[C@@H]1CN(C(=O)CCn2[nH]c(=O)c3ccccc3c2=O)C[C@H]1c1ccccc1. The maximum absolute atomic E-state index is 12.7. The molecule has 152 valence electrons. The zero-order valence-electron chi connectivity index (χ0n) is 15.8. The first-order chi connectivity index (χ1) is 13.5. The lowest BCUT2D eigenvalue weighted by Gasteiger charge is -2.17. The highest BCUT2D eigenvalue weighted by atomic mass is 35.5. The summed E-state index contributed by atoms with van der Waals surface area (Å²) in [5.41, 5.74) is 6.74. The van der Waals surface area contributed by atoms with Gasteiger partial charge in [0, 0.05) is 31.5 Å². The molecular formula is C21H23ClN4O3. The largest absolute Gasteiger partial charge is 0.340 e. The Hall–Kier alpha value is -2.90. The summed E-state index contributed by atoms with van der Waals surface area (Å²) in [4.78, 5) is 39.1. The number of H-pyrrole nitrogens is 1. The normalized spacial score (nSPS) is 18.6. The fraction of sp³-hybridized carbons (Fsp3) is 0.286. The number of aromatic amines is 1. The number of amides is 1. The van der Waals surface area contributed by atoms with E-state index in [9.17, 15) is 14.4 Å². The number of aryl methyl sites for hydroxylation is 1. The summed E-state index contributed by atoms with van der Waals surface area (Å²) >= 11 is 0. The van der Waals surface area contributed by atoms with Gasteiger partial charge in [0.2, 0.25) is 5.91 Å². The Kier molecular flexibility index (Phi) is 6.20. The summed E-state index contributed by atoms with van der Waals surface area (Å²) in [5, 5.41) is 3.27. The fourth-order valence-corrected chi connectivity index (χ4v) is 3.86. The summed E-state index contributed by atoms with van der Waals surface area (Å²) in [6, 6.07) is 16.5. The van der Waals surface area contributed by atoms with Gasteiger partial charge in [-0.25, -0.2) is 4.68 Å². The second-order valence-electron chi connectivity index (χ2n) is 7.17. The standard InChI is InChI=1S/C21H22N4O3.ClH/c22-18-13-24(12-17(18)14-6-2-1-3-7-14)19(26)10-11-25-21(28)16-9-5-4-8-15(16)20(27)23-25;/h1-9,17-18H,10-13,22H2,(H,23,27);1H/t17-,18+;/m0./s1. The van der Waals surface area contributed by atoms with E-state index in [-0.39, 0.29) is 54.4 Å². The molecule has 0 aliphatic carbocycles. The maximum atomic E-state index is 12.7. The highest BCUT2D eigenvalue weighted by Crippen LogP contribution is 2.26. The molecule has 1 aliphatic rings. The number of nitrogens with zero attached hydrogens (tertiary/aromatic N) is 2. The lowest BCUT2D eigenvalue weighted by Crippen LogP contribution is -2.35. The molecule has 3 aromatic rings. The van der Waals surface area contributed by atoms with Crippen LogP contribution < -0.4 is 16.9 Å². The monoisotopic (exact) mass is 414 g/mol. The van der Waals surface area contributed by atoms with Gasteiger partial charge in [0.05, 0.1) is 17.3 Å². The molecule has 0 spiro atoms. The van der Waals surface area contributed by atoms with E-state index in [2.05, 4.69) is 5.10 Å². The van der Waals surface area contributed by atoms with Crippen LogP contribution >= 0.6 is 12.4 Å². The van der Waals surface area contributed by atoms with Crippen LogP contribution in [0, 0.1) is 0 Å².